The molecule has 12 aromatic rings. The first kappa shape index (κ1) is 37.4. The van der Waals surface area contributed by atoms with Crippen molar-refractivity contribution in [3.63, 3.8) is 0 Å². The minimum Gasteiger partial charge on any atom is -0.453 e. The molecule has 320 valence electrons. The number of fused-ring (bicyclic) bond motifs is 13. The van der Waals surface area contributed by atoms with Crippen molar-refractivity contribution in [2.45, 2.75) is 19.3 Å². The number of nitrogens with zero attached hydrogens (tertiary/aromatic N) is 3. The summed E-state index contributed by atoms with van der Waals surface area (Å²) in [7, 11) is 0. The van der Waals surface area contributed by atoms with E-state index in [9.17, 15) is 0 Å². The summed E-state index contributed by atoms with van der Waals surface area (Å²) in [6.07, 6.45) is 0. The van der Waals surface area contributed by atoms with Gasteiger partial charge in [-0.3, -0.25) is 4.90 Å². The Kier molecular flexibility index (Phi) is 7.50. The molecule has 0 saturated carbocycles. The van der Waals surface area contributed by atoms with Crippen LogP contribution in [-0.2, 0) is 5.41 Å². The van der Waals surface area contributed by atoms with Crippen molar-refractivity contribution in [1.29, 1.82) is 0 Å². The standard InChI is InChI=1S/C63H41N3O2/c1-63(2)50-18-8-6-16-44(50)45-28-27-42(35-51(45)63)64-52-19-9-7-17-46(52)47-33-40(25-30-53(47)64)41-26-31-55-49(34-41)48-32-39(38-14-4-3-5-15-38)24-29-54(48)65(55)43-36-60-62-61(37-43)68-59-23-13-11-21-57(59)66(62)56-20-10-12-22-58(56)67-60/h3-37H,1-2H3. The zero-order chi connectivity index (χ0) is 44.8. The van der Waals surface area contributed by atoms with Crippen molar-refractivity contribution < 1.29 is 9.47 Å². The van der Waals surface area contributed by atoms with Gasteiger partial charge in [-0.15, -0.1) is 0 Å². The molecule has 0 amide bonds. The van der Waals surface area contributed by atoms with E-state index >= 15 is 0 Å². The highest BCUT2D eigenvalue weighted by molar-refractivity contribution is 6.13. The number of hydrogen-bond donors (Lipinski definition) is 0. The zero-order valence-corrected chi connectivity index (χ0v) is 37.4. The fraction of sp³-hybridized carbons (Fsp3) is 0.0476. The maximum absolute atomic E-state index is 6.76. The lowest BCUT2D eigenvalue weighted by Gasteiger charge is -2.38. The van der Waals surface area contributed by atoms with E-state index < -0.39 is 0 Å². The van der Waals surface area contributed by atoms with Gasteiger partial charge in [-0.05, 0) is 123 Å². The zero-order valence-electron chi connectivity index (χ0n) is 37.4. The third-order valence-corrected chi connectivity index (χ3v) is 14.9. The third-order valence-electron chi connectivity index (χ3n) is 14.9. The molecule has 1 aliphatic carbocycles. The molecule has 0 N–H and O–H groups in total. The van der Waals surface area contributed by atoms with Crippen LogP contribution in [0.1, 0.15) is 25.0 Å². The van der Waals surface area contributed by atoms with Gasteiger partial charge in [0.1, 0.15) is 5.69 Å². The van der Waals surface area contributed by atoms with Crippen molar-refractivity contribution in [3.05, 3.63) is 223 Å². The maximum atomic E-state index is 6.76. The van der Waals surface area contributed by atoms with Crippen LogP contribution in [0.4, 0.5) is 17.1 Å². The Hall–Kier alpha value is -8.80. The Bertz CT molecular complexity index is 4070. The SMILES string of the molecule is CC1(C)c2ccccc2-c2ccc(-n3c4ccccc4c4cc(-c5ccc6c(c5)c5cc(-c7ccccc7)ccc5n6-c5cc6c7c(c5)Oc5ccccc5N7c5ccccc5O6)ccc43)cc21. The van der Waals surface area contributed by atoms with Crippen LogP contribution >= 0.6 is 0 Å². The fourth-order valence-electron chi connectivity index (χ4n) is 11.7. The quantitative estimate of drug-likeness (QED) is 0.177. The van der Waals surface area contributed by atoms with Crippen molar-refractivity contribution >= 4 is 60.7 Å². The second kappa shape index (κ2) is 13.6. The van der Waals surface area contributed by atoms with Crippen LogP contribution in [0.5, 0.6) is 23.0 Å². The van der Waals surface area contributed by atoms with Gasteiger partial charge in [-0.1, -0.05) is 135 Å². The number of hydrogen-bond acceptors (Lipinski definition) is 3. The number of para-hydroxylation sites is 5. The number of anilines is 3. The molecule has 0 bridgehead atoms. The van der Waals surface area contributed by atoms with E-state index in [-0.39, 0.29) is 5.41 Å². The van der Waals surface area contributed by atoms with Gasteiger partial charge in [-0.25, -0.2) is 0 Å². The number of benzene rings is 10. The lowest BCUT2D eigenvalue weighted by molar-refractivity contribution is 0.445. The van der Waals surface area contributed by atoms with E-state index in [2.05, 4.69) is 216 Å². The second-order valence-electron chi connectivity index (χ2n) is 18.9. The molecule has 0 unspecified atom stereocenters. The molecule has 3 aliphatic rings. The van der Waals surface area contributed by atoms with E-state index in [4.69, 9.17) is 9.47 Å². The van der Waals surface area contributed by atoms with Crippen LogP contribution < -0.4 is 14.4 Å². The topological polar surface area (TPSA) is 31.6 Å². The first-order valence-electron chi connectivity index (χ1n) is 23.4. The second-order valence-corrected chi connectivity index (χ2v) is 18.9. The predicted octanol–water partition coefficient (Wildman–Crippen LogP) is 17.2. The van der Waals surface area contributed by atoms with Crippen LogP contribution in [0.15, 0.2) is 212 Å². The molecule has 10 aromatic carbocycles. The van der Waals surface area contributed by atoms with Gasteiger partial charge in [0, 0.05) is 44.8 Å². The van der Waals surface area contributed by atoms with Crippen LogP contribution in [-0.4, -0.2) is 9.13 Å². The highest BCUT2D eigenvalue weighted by Crippen LogP contribution is 2.60. The highest BCUT2D eigenvalue weighted by atomic mass is 16.5. The molecule has 5 heteroatoms. The Morgan fingerprint density at radius 2 is 0.838 bits per heavy atom. The van der Waals surface area contributed by atoms with Gasteiger partial charge < -0.3 is 18.6 Å². The van der Waals surface area contributed by atoms with Gasteiger partial charge in [0.25, 0.3) is 0 Å². The van der Waals surface area contributed by atoms with Crippen molar-refractivity contribution in [2.75, 3.05) is 4.90 Å². The Labute approximate surface area is 392 Å². The molecule has 0 spiro atoms. The summed E-state index contributed by atoms with van der Waals surface area (Å²) < 4.78 is 18.3. The van der Waals surface area contributed by atoms with Crippen LogP contribution in [0, 0.1) is 0 Å². The number of ether oxygens (including phenoxy) is 2. The van der Waals surface area contributed by atoms with E-state index in [0.717, 1.165) is 62.3 Å². The molecule has 4 heterocycles. The average Bonchev–Trinajstić information content (AvgIpc) is 3.98. The van der Waals surface area contributed by atoms with E-state index in [1.165, 1.54) is 77.2 Å². The van der Waals surface area contributed by atoms with Gasteiger partial charge in [0.05, 0.1) is 39.1 Å². The molecule has 2 aromatic heterocycles. The molecule has 15 rings (SSSR count). The summed E-state index contributed by atoms with van der Waals surface area (Å²) in [5, 5.41) is 4.82. The Morgan fingerprint density at radius 1 is 0.338 bits per heavy atom. The molecular formula is C63H41N3O2. The molecule has 2 aliphatic heterocycles. The van der Waals surface area contributed by atoms with Gasteiger partial charge >= 0.3 is 0 Å². The summed E-state index contributed by atoms with van der Waals surface area (Å²) in [4.78, 5) is 2.27. The summed E-state index contributed by atoms with van der Waals surface area (Å²) in [5.74, 6) is 3.11. The Balaban J connectivity index is 0.907. The monoisotopic (exact) mass is 871 g/mol. The van der Waals surface area contributed by atoms with Gasteiger partial charge in [0.2, 0.25) is 0 Å². The lowest BCUT2D eigenvalue weighted by Crippen LogP contribution is -2.20. The fourth-order valence-corrected chi connectivity index (χ4v) is 11.7. The molecule has 0 fully saturated rings. The van der Waals surface area contributed by atoms with Crippen molar-refractivity contribution in [3.8, 4) is 67.8 Å². The number of aromatic nitrogens is 2. The van der Waals surface area contributed by atoms with E-state index in [1.54, 1.807) is 0 Å². The molecule has 68 heavy (non-hydrogen) atoms. The van der Waals surface area contributed by atoms with Crippen LogP contribution in [0.3, 0.4) is 0 Å². The van der Waals surface area contributed by atoms with Gasteiger partial charge in [-0.2, -0.15) is 0 Å². The average molecular weight is 872 g/mol. The summed E-state index contributed by atoms with van der Waals surface area (Å²) in [6, 6.07) is 77.0. The van der Waals surface area contributed by atoms with Crippen molar-refractivity contribution in [1.82, 2.24) is 9.13 Å². The van der Waals surface area contributed by atoms with Gasteiger partial charge in [0.15, 0.2) is 23.0 Å². The summed E-state index contributed by atoms with van der Waals surface area (Å²) >= 11 is 0. The minimum atomic E-state index is -0.0882. The molecular weight excluding hydrogens is 831 g/mol. The van der Waals surface area contributed by atoms with E-state index in [1.807, 2.05) is 24.3 Å². The normalized spacial score (nSPS) is 13.8. The molecule has 0 atom stereocenters. The minimum absolute atomic E-state index is 0.0882. The highest BCUT2D eigenvalue weighted by Gasteiger charge is 2.37. The largest absolute Gasteiger partial charge is 0.453 e. The Morgan fingerprint density at radius 3 is 1.50 bits per heavy atom. The van der Waals surface area contributed by atoms with Crippen LogP contribution in [0.2, 0.25) is 0 Å². The van der Waals surface area contributed by atoms with Crippen LogP contribution in [0.25, 0.3) is 88.4 Å². The first-order valence-corrected chi connectivity index (χ1v) is 23.4. The molecule has 0 radical (unpaired) electrons. The number of rotatable bonds is 4. The predicted molar refractivity (Wildman–Crippen MR) is 278 cm³/mol. The van der Waals surface area contributed by atoms with E-state index in [0.29, 0.717) is 0 Å². The first-order chi connectivity index (χ1) is 33.5. The molecule has 0 saturated heterocycles. The smallest absolute Gasteiger partial charge is 0.157 e. The maximum Gasteiger partial charge on any atom is 0.157 e. The summed E-state index contributed by atoms with van der Waals surface area (Å²) in [6.45, 7) is 4.71. The lowest BCUT2D eigenvalue weighted by atomic mass is 9.82. The van der Waals surface area contributed by atoms with Crippen molar-refractivity contribution in [2.24, 2.45) is 0 Å². The molecule has 5 nitrogen and oxygen atoms in total. The summed E-state index contributed by atoms with van der Waals surface area (Å²) in [5.41, 5.74) is 19.7. The third kappa shape index (κ3) is 5.16.